The van der Waals surface area contributed by atoms with E-state index in [1.165, 1.54) is 0 Å². The van der Waals surface area contributed by atoms with Crippen molar-refractivity contribution in [1.82, 2.24) is 14.6 Å². The fraction of sp³-hybridized carbons (Fsp3) is 0.571. The van der Waals surface area contributed by atoms with Crippen molar-refractivity contribution in [1.29, 1.82) is 0 Å². The van der Waals surface area contributed by atoms with Crippen molar-refractivity contribution < 1.29 is 0 Å². The third kappa shape index (κ3) is 2.07. The van der Waals surface area contributed by atoms with Gasteiger partial charge in [0.25, 0.3) is 5.56 Å². The molecule has 0 aliphatic rings. The van der Waals surface area contributed by atoms with Crippen molar-refractivity contribution in [2.45, 2.75) is 52.9 Å². The van der Waals surface area contributed by atoms with E-state index in [0.717, 1.165) is 41.9 Å². The summed E-state index contributed by atoms with van der Waals surface area (Å²) in [6.07, 6.45) is 2.66. The van der Waals surface area contributed by atoms with Gasteiger partial charge in [0.2, 0.25) is 0 Å². The van der Waals surface area contributed by atoms with Crippen LogP contribution in [0, 0.1) is 0 Å². The van der Waals surface area contributed by atoms with Gasteiger partial charge in [-0.1, -0.05) is 27.7 Å². The number of aryl methyl sites for hydroxylation is 1. The van der Waals surface area contributed by atoms with Crippen LogP contribution in [0.1, 0.15) is 57.0 Å². The average molecular weight is 247 g/mol. The normalized spacial score (nSPS) is 11.6. The van der Waals surface area contributed by atoms with Crippen molar-refractivity contribution in [3.63, 3.8) is 0 Å². The second kappa shape index (κ2) is 4.96. The fourth-order valence-electron chi connectivity index (χ4n) is 2.35. The van der Waals surface area contributed by atoms with Crippen molar-refractivity contribution in [3.8, 4) is 0 Å². The van der Waals surface area contributed by atoms with Gasteiger partial charge in [0, 0.05) is 12.0 Å². The Bertz CT molecular complexity index is 607. The summed E-state index contributed by atoms with van der Waals surface area (Å²) in [6.45, 7) is 8.36. The van der Waals surface area contributed by atoms with Crippen molar-refractivity contribution in [2.24, 2.45) is 0 Å². The van der Waals surface area contributed by atoms with E-state index >= 15 is 0 Å². The van der Waals surface area contributed by atoms with Gasteiger partial charge in [-0.25, -0.2) is 4.98 Å². The largest absolute Gasteiger partial charge is 0.276 e. The van der Waals surface area contributed by atoms with E-state index in [1.54, 1.807) is 4.52 Å². The first-order valence-electron chi connectivity index (χ1n) is 6.71. The van der Waals surface area contributed by atoms with E-state index in [-0.39, 0.29) is 5.56 Å². The van der Waals surface area contributed by atoms with Gasteiger partial charge < -0.3 is 0 Å². The molecule has 0 bridgehead atoms. The molecular formula is C14H21N3O. The molecule has 98 valence electrons. The van der Waals surface area contributed by atoms with E-state index in [9.17, 15) is 4.79 Å². The summed E-state index contributed by atoms with van der Waals surface area (Å²) < 4.78 is 1.58. The van der Waals surface area contributed by atoms with Crippen LogP contribution in [0.15, 0.2) is 10.9 Å². The van der Waals surface area contributed by atoms with Crippen molar-refractivity contribution in [2.75, 3.05) is 0 Å². The second-order valence-corrected chi connectivity index (χ2v) is 5.01. The molecule has 0 spiro atoms. The lowest BCUT2D eigenvalue weighted by atomic mass is 9.97. The molecule has 0 aliphatic heterocycles. The monoisotopic (exact) mass is 247 g/mol. The molecule has 4 nitrogen and oxygen atoms in total. The minimum absolute atomic E-state index is 0.0496. The number of rotatable bonds is 4. The molecule has 0 saturated carbocycles. The SMILES string of the molecule is CCCc1nc2cc(C(C)C)c(CC)c(=O)n2[nH]1. The summed E-state index contributed by atoms with van der Waals surface area (Å²) in [6, 6.07) is 2.04. The number of hydrogen-bond donors (Lipinski definition) is 1. The highest BCUT2D eigenvalue weighted by Gasteiger charge is 2.14. The first kappa shape index (κ1) is 12.9. The van der Waals surface area contributed by atoms with Crippen LogP contribution in [0.25, 0.3) is 5.65 Å². The minimum Gasteiger partial charge on any atom is -0.276 e. The number of pyridine rings is 1. The number of nitrogens with one attached hydrogen (secondary N) is 1. The molecule has 0 aromatic carbocycles. The van der Waals surface area contributed by atoms with Gasteiger partial charge in [0.15, 0.2) is 5.65 Å². The molecule has 0 atom stereocenters. The number of fused-ring (bicyclic) bond motifs is 1. The number of H-pyrrole nitrogens is 1. The summed E-state index contributed by atoms with van der Waals surface area (Å²) >= 11 is 0. The molecule has 18 heavy (non-hydrogen) atoms. The minimum atomic E-state index is 0.0496. The standard InChI is InChI=1S/C14H21N3O/c1-5-7-12-15-13-8-11(9(3)4)10(6-2)14(18)17(13)16-12/h8-9H,5-7H2,1-4H3,(H,15,16). The van der Waals surface area contributed by atoms with Gasteiger partial charge in [0.1, 0.15) is 5.82 Å². The summed E-state index contributed by atoms with van der Waals surface area (Å²) in [5.41, 5.74) is 2.81. The molecule has 1 N–H and O–H groups in total. The molecule has 0 radical (unpaired) electrons. The average Bonchev–Trinajstić information content (AvgIpc) is 2.72. The predicted molar refractivity (Wildman–Crippen MR) is 73.3 cm³/mol. The van der Waals surface area contributed by atoms with Crippen molar-refractivity contribution in [3.05, 3.63) is 33.4 Å². The Kier molecular flexibility index (Phi) is 3.55. The Hall–Kier alpha value is -1.58. The first-order chi connectivity index (χ1) is 8.58. The molecule has 2 heterocycles. The van der Waals surface area contributed by atoms with Crippen molar-refractivity contribution >= 4 is 5.65 Å². The van der Waals surface area contributed by atoms with Crippen LogP contribution in [0.5, 0.6) is 0 Å². The van der Waals surface area contributed by atoms with Gasteiger partial charge in [-0.05, 0) is 30.4 Å². The highest BCUT2D eigenvalue weighted by Crippen LogP contribution is 2.19. The highest BCUT2D eigenvalue weighted by molar-refractivity contribution is 5.45. The molecule has 0 saturated heterocycles. The zero-order valence-electron chi connectivity index (χ0n) is 11.6. The maximum Gasteiger partial charge on any atom is 0.274 e. The lowest BCUT2D eigenvalue weighted by Gasteiger charge is -2.10. The first-order valence-corrected chi connectivity index (χ1v) is 6.71. The quantitative estimate of drug-likeness (QED) is 0.903. The second-order valence-electron chi connectivity index (χ2n) is 5.01. The van der Waals surface area contributed by atoms with E-state index in [2.05, 4.69) is 30.9 Å². The zero-order valence-corrected chi connectivity index (χ0v) is 11.6. The molecule has 0 unspecified atom stereocenters. The van der Waals surface area contributed by atoms with E-state index in [4.69, 9.17) is 0 Å². The predicted octanol–water partition coefficient (Wildman–Crippen LogP) is 2.66. The van der Waals surface area contributed by atoms with Crippen LogP contribution in [0.3, 0.4) is 0 Å². The lowest BCUT2D eigenvalue weighted by Crippen LogP contribution is -2.21. The molecule has 2 aromatic rings. The molecule has 2 aromatic heterocycles. The Morgan fingerprint density at radius 2 is 2.11 bits per heavy atom. The Morgan fingerprint density at radius 3 is 2.67 bits per heavy atom. The third-order valence-electron chi connectivity index (χ3n) is 3.28. The Labute approximate surface area is 107 Å². The Balaban J connectivity index is 2.70. The summed E-state index contributed by atoms with van der Waals surface area (Å²) in [5, 5.41) is 3.10. The molecule has 2 rings (SSSR count). The van der Waals surface area contributed by atoms with Crippen LogP contribution in [-0.4, -0.2) is 14.6 Å². The number of aromatic amines is 1. The van der Waals surface area contributed by atoms with Gasteiger partial charge in [-0.15, -0.1) is 0 Å². The number of hydrogen-bond acceptors (Lipinski definition) is 2. The van der Waals surface area contributed by atoms with E-state index in [0.29, 0.717) is 5.92 Å². The maximum atomic E-state index is 12.4. The van der Waals surface area contributed by atoms with Gasteiger partial charge in [-0.3, -0.25) is 9.89 Å². The molecular weight excluding hydrogens is 226 g/mol. The fourth-order valence-corrected chi connectivity index (χ4v) is 2.35. The van der Waals surface area contributed by atoms with Gasteiger partial charge in [-0.2, -0.15) is 4.52 Å². The van der Waals surface area contributed by atoms with Gasteiger partial charge >= 0.3 is 0 Å². The zero-order chi connectivity index (χ0) is 13.3. The summed E-state index contributed by atoms with van der Waals surface area (Å²) in [7, 11) is 0. The molecule has 0 amide bonds. The molecule has 0 fully saturated rings. The van der Waals surface area contributed by atoms with Crippen LogP contribution in [0.4, 0.5) is 0 Å². The lowest BCUT2D eigenvalue weighted by molar-refractivity contribution is 0.786. The maximum absolute atomic E-state index is 12.4. The topological polar surface area (TPSA) is 50.2 Å². The van der Waals surface area contributed by atoms with Crippen LogP contribution in [0.2, 0.25) is 0 Å². The third-order valence-corrected chi connectivity index (χ3v) is 3.28. The summed E-state index contributed by atoms with van der Waals surface area (Å²) in [5.74, 6) is 1.24. The van der Waals surface area contributed by atoms with E-state index in [1.807, 2.05) is 13.0 Å². The van der Waals surface area contributed by atoms with Gasteiger partial charge in [0.05, 0.1) is 0 Å². The number of aromatic nitrogens is 3. The molecule has 4 heteroatoms. The van der Waals surface area contributed by atoms with Crippen LogP contribution in [-0.2, 0) is 12.8 Å². The van der Waals surface area contributed by atoms with E-state index < -0.39 is 0 Å². The molecule has 0 aliphatic carbocycles. The number of nitrogens with zero attached hydrogens (tertiary/aromatic N) is 2. The Morgan fingerprint density at radius 1 is 1.39 bits per heavy atom. The summed E-state index contributed by atoms with van der Waals surface area (Å²) in [4.78, 5) is 16.9. The van der Waals surface area contributed by atoms with Crippen LogP contribution < -0.4 is 5.56 Å². The smallest absolute Gasteiger partial charge is 0.274 e. The highest BCUT2D eigenvalue weighted by atomic mass is 16.1. The van der Waals surface area contributed by atoms with Crippen LogP contribution >= 0.6 is 0 Å².